The third kappa shape index (κ3) is 1.54. The van der Waals surface area contributed by atoms with E-state index in [9.17, 15) is 4.39 Å². The Labute approximate surface area is 89.6 Å². The highest BCUT2D eigenvalue weighted by atomic mass is 19.1. The van der Waals surface area contributed by atoms with Crippen LogP contribution in [-0.2, 0) is 6.42 Å². The van der Waals surface area contributed by atoms with E-state index in [1.165, 1.54) is 7.11 Å². The molecule has 80 valence electrons. The van der Waals surface area contributed by atoms with Crippen molar-refractivity contribution < 1.29 is 9.13 Å². The molecule has 1 aliphatic rings. The molecule has 0 radical (unpaired) electrons. The van der Waals surface area contributed by atoms with Gasteiger partial charge < -0.3 is 4.74 Å². The molecule has 1 aromatic rings. The Morgan fingerprint density at radius 2 is 2.13 bits per heavy atom. The molecule has 0 saturated heterocycles. The summed E-state index contributed by atoms with van der Waals surface area (Å²) >= 11 is 0. The molecule has 0 bridgehead atoms. The maximum absolute atomic E-state index is 13.7. The fourth-order valence-electron chi connectivity index (χ4n) is 2.11. The second-order valence-corrected chi connectivity index (χ2v) is 4.13. The minimum Gasteiger partial charge on any atom is -0.493 e. The average Bonchev–Trinajstić information content (AvgIpc) is 2.64. The molecule has 0 saturated carbocycles. The molecule has 0 heterocycles. The number of hydrogen-bond donors (Lipinski definition) is 0. The van der Waals surface area contributed by atoms with Crippen LogP contribution in [0.3, 0.4) is 0 Å². The molecule has 1 aliphatic carbocycles. The summed E-state index contributed by atoms with van der Waals surface area (Å²) in [5.74, 6) is 0.491. The maximum Gasteiger partial charge on any atom is 0.165 e. The summed E-state index contributed by atoms with van der Waals surface area (Å²) in [5, 5.41) is 0. The Morgan fingerprint density at radius 1 is 1.40 bits per heavy atom. The zero-order valence-electron chi connectivity index (χ0n) is 9.30. The first-order valence-corrected chi connectivity index (χ1v) is 5.21. The van der Waals surface area contributed by atoms with Crippen LogP contribution in [0.25, 0.3) is 6.08 Å². The molecule has 0 aromatic heterocycles. The monoisotopic (exact) mass is 206 g/mol. The first kappa shape index (κ1) is 10.2. The Hall–Kier alpha value is -1.31. The van der Waals surface area contributed by atoms with Gasteiger partial charge in [0.15, 0.2) is 11.6 Å². The van der Waals surface area contributed by atoms with Crippen LogP contribution in [0, 0.1) is 5.82 Å². The first-order valence-electron chi connectivity index (χ1n) is 5.21. The van der Waals surface area contributed by atoms with Crippen molar-refractivity contribution in [2.75, 3.05) is 7.11 Å². The van der Waals surface area contributed by atoms with Gasteiger partial charge in [-0.15, -0.1) is 0 Å². The number of hydrogen-bond acceptors (Lipinski definition) is 1. The largest absolute Gasteiger partial charge is 0.493 e. The van der Waals surface area contributed by atoms with Crippen molar-refractivity contribution in [3.63, 3.8) is 0 Å². The van der Waals surface area contributed by atoms with E-state index in [-0.39, 0.29) is 5.82 Å². The fraction of sp³-hybridized carbons (Fsp3) is 0.385. The molecule has 1 aromatic carbocycles. The number of fused-ring (bicyclic) bond motifs is 1. The molecule has 0 fully saturated rings. The van der Waals surface area contributed by atoms with Gasteiger partial charge in [-0.25, -0.2) is 4.39 Å². The highest BCUT2D eigenvalue weighted by Gasteiger charge is 2.20. The summed E-state index contributed by atoms with van der Waals surface area (Å²) < 4.78 is 18.8. The molecule has 1 nitrogen and oxygen atoms in total. The quantitative estimate of drug-likeness (QED) is 0.719. The molecule has 0 amide bonds. The average molecular weight is 206 g/mol. The Balaban J connectivity index is 2.66. The standard InChI is InChI=1S/C13H15FO/c1-8(2)11-7-12(14)13(15-3)10-6-4-5-9(10)11/h4-5,7-8H,6H2,1-3H3. The topological polar surface area (TPSA) is 9.23 Å². The lowest BCUT2D eigenvalue weighted by molar-refractivity contribution is 0.382. The van der Waals surface area contributed by atoms with Gasteiger partial charge in [0.2, 0.25) is 0 Å². The molecule has 0 atom stereocenters. The third-order valence-corrected chi connectivity index (χ3v) is 2.84. The molecular formula is C13H15FO. The summed E-state index contributed by atoms with van der Waals surface area (Å²) in [6, 6.07) is 1.60. The van der Waals surface area contributed by atoms with Crippen LogP contribution < -0.4 is 4.74 Å². The van der Waals surface area contributed by atoms with Crippen LogP contribution in [0.4, 0.5) is 4.39 Å². The van der Waals surface area contributed by atoms with E-state index in [1.54, 1.807) is 6.07 Å². The smallest absolute Gasteiger partial charge is 0.165 e. The lowest BCUT2D eigenvalue weighted by Crippen LogP contribution is -2.01. The molecule has 2 rings (SSSR count). The minimum absolute atomic E-state index is 0.247. The maximum atomic E-state index is 13.7. The molecule has 15 heavy (non-hydrogen) atoms. The van der Waals surface area contributed by atoms with Gasteiger partial charge >= 0.3 is 0 Å². The normalized spacial score (nSPS) is 13.4. The summed E-state index contributed by atoms with van der Waals surface area (Å²) in [5.41, 5.74) is 3.20. The van der Waals surface area contributed by atoms with Gasteiger partial charge in [0, 0.05) is 5.56 Å². The van der Waals surface area contributed by atoms with Gasteiger partial charge in [-0.3, -0.25) is 0 Å². The van der Waals surface area contributed by atoms with Crippen molar-refractivity contribution >= 4 is 6.08 Å². The van der Waals surface area contributed by atoms with Crippen LogP contribution >= 0.6 is 0 Å². The molecule has 0 spiro atoms. The predicted molar refractivity (Wildman–Crippen MR) is 59.8 cm³/mol. The molecule has 2 heteroatoms. The molecule has 0 unspecified atom stereocenters. The third-order valence-electron chi connectivity index (χ3n) is 2.84. The number of methoxy groups -OCH3 is 1. The van der Waals surface area contributed by atoms with Crippen molar-refractivity contribution in [1.82, 2.24) is 0 Å². The van der Waals surface area contributed by atoms with Crippen molar-refractivity contribution in [1.29, 1.82) is 0 Å². The van der Waals surface area contributed by atoms with E-state index >= 15 is 0 Å². The zero-order valence-corrected chi connectivity index (χ0v) is 9.30. The van der Waals surface area contributed by atoms with Gasteiger partial charge in [0.25, 0.3) is 0 Å². The highest BCUT2D eigenvalue weighted by molar-refractivity contribution is 5.68. The van der Waals surface area contributed by atoms with Crippen LogP contribution in [0.15, 0.2) is 12.1 Å². The van der Waals surface area contributed by atoms with E-state index in [4.69, 9.17) is 4.74 Å². The first-order chi connectivity index (χ1) is 7.15. The minimum atomic E-state index is -0.247. The number of allylic oxidation sites excluding steroid dienone is 1. The lowest BCUT2D eigenvalue weighted by Gasteiger charge is -2.15. The number of ether oxygens (including phenoxy) is 1. The van der Waals surface area contributed by atoms with Crippen molar-refractivity contribution in [3.05, 3.63) is 34.6 Å². The second kappa shape index (κ2) is 3.69. The van der Waals surface area contributed by atoms with Crippen molar-refractivity contribution in [3.8, 4) is 5.75 Å². The highest BCUT2D eigenvalue weighted by Crippen LogP contribution is 2.36. The van der Waals surface area contributed by atoms with Crippen LogP contribution in [0.2, 0.25) is 0 Å². The Kier molecular flexibility index (Phi) is 2.51. The summed E-state index contributed by atoms with van der Waals surface area (Å²) in [7, 11) is 1.52. The lowest BCUT2D eigenvalue weighted by atomic mass is 9.94. The SMILES string of the molecule is COc1c(F)cc(C(C)C)c2c1CC=C2. The number of benzene rings is 1. The van der Waals surface area contributed by atoms with Gasteiger partial charge in [0.05, 0.1) is 7.11 Å². The predicted octanol–water partition coefficient (Wildman–Crippen LogP) is 3.53. The zero-order chi connectivity index (χ0) is 11.0. The van der Waals surface area contributed by atoms with Crippen molar-refractivity contribution in [2.24, 2.45) is 0 Å². The number of halogens is 1. The van der Waals surface area contributed by atoms with Crippen LogP contribution in [0.5, 0.6) is 5.75 Å². The summed E-state index contributed by atoms with van der Waals surface area (Å²) in [6.45, 7) is 4.15. The van der Waals surface area contributed by atoms with Gasteiger partial charge in [-0.05, 0) is 29.5 Å². The van der Waals surface area contributed by atoms with Gasteiger partial charge in [-0.2, -0.15) is 0 Å². The molecule has 0 N–H and O–H groups in total. The van der Waals surface area contributed by atoms with Gasteiger partial charge in [-0.1, -0.05) is 26.0 Å². The van der Waals surface area contributed by atoms with E-state index in [0.717, 1.165) is 23.1 Å². The van der Waals surface area contributed by atoms with E-state index in [0.29, 0.717) is 11.7 Å². The summed E-state index contributed by atoms with van der Waals surface area (Å²) in [6.07, 6.45) is 4.89. The number of rotatable bonds is 2. The Morgan fingerprint density at radius 3 is 2.73 bits per heavy atom. The molecular weight excluding hydrogens is 191 g/mol. The summed E-state index contributed by atoms with van der Waals surface area (Å²) in [4.78, 5) is 0. The Bertz CT molecular complexity index is 419. The van der Waals surface area contributed by atoms with Gasteiger partial charge in [0.1, 0.15) is 0 Å². The van der Waals surface area contributed by atoms with E-state index < -0.39 is 0 Å². The van der Waals surface area contributed by atoms with E-state index in [2.05, 4.69) is 26.0 Å². The van der Waals surface area contributed by atoms with Crippen LogP contribution in [-0.4, -0.2) is 7.11 Å². The second-order valence-electron chi connectivity index (χ2n) is 4.13. The van der Waals surface area contributed by atoms with Crippen LogP contribution in [0.1, 0.15) is 36.5 Å². The van der Waals surface area contributed by atoms with Crippen molar-refractivity contribution in [2.45, 2.75) is 26.2 Å². The fourth-order valence-corrected chi connectivity index (χ4v) is 2.11. The molecule has 0 aliphatic heterocycles. The van der Waals surface area contributed by atoms with E-state index in [1.807, 2.05) is 0 Å².